The maximum atomic E-state index is 6.11. The first-order valence-corrected chi connectivity index (χ1v) is 7.42. The van der Waals surface area contributed by atoms with Crippen molar-refractivity contribution in [1.82, 2.24) is 4.98 Å². The molecule has 3 nitrogen and oxygen atoms in total. The Balaban J connectivity index is 2.17. The van der Waals surface area contributed by atoms with E-state index in [1.165, 1.54) is 0 Å². The van der Waals surface area contributed by atoms with Crippen molar-refractivity contribution in [3.63, 3.8) is 0 Å². The average molecular weight is 306 g/mol. The van der Waals surface area contributed by atoms with Crippen molar-refractivity contribution in [1.29, 1.82) is 0 Å². The Labute approximate surface area is 131 Å². The van der Waals surface area contributed by atoms with Gasteiger partial charge >= 0.3 is 0 Å². The van der Waals surface area contributed by atoms with E-state index < -0.39 is 0 Å². The first kappa shape index (κ1) is 16.0. The molecule has 1 aromatic heterocycles. The highest BCUT2D eigenvalue weighted by molar-refractivity contribution is 6.30. The molecule has 0 aliphatic heterocycles. The Bertz CT molecular complexity index is 549. The second-order valence-electron chi connectivity index (χ2n) is 6.07. The molecule has 1 heterocycles. The zero-order chi connectivity index (χ0) is 15.3. The van der Waals surface area contributed by atoms with E-state index in [-0.39, 0.29) is 6.10 Å². The van der Waals surface area contributed by atoms with Gasteiger partial charge in [-0.2, -0.15) is 0 Å². The summed E-state index contributed by atoms with van der Waals surface area (Å²) >= 11 is 5.97. The number of hydrogen-bond donors (Lipinski definition) is 0. The Kier molecular flexibility index (Phi) is 5.34. The van der Waals surface area contributed by atoms with Gasteiger partial charge in [-0.3, -0.25) is 4.98 Å². The van der Waals surface area contributed by atoms with Crippen LogP contribution in [0.25, 0.3) is 0 Å². The Morgan fingerprint density at radius 3 is 2.38 bits per heavy atom. The number of pyridine rings is 1. The number of aromatic nitrogens is 1. The number of benzene rings is 1. The molecular weight excluding hydrogens is 284 g/mol. The number of likely N-dealkylation sites (N-methyl/N-ethyl adjacent to an activating group) is 1. The SMILES string of the molecule is C[N+](C)(C)CCO[C@@H](c1ccc(Cl)cc1)c1ccccn1. The fourth-order valence-corrected chi connectivity index (χ4v) is 2.09. The van der Waals surface area contributed by atoms with Gasteiger partial charge in [0.15, 0.2) is 0 Å². The van der Waals surface area contributed by atoms with Gasteiger partial charge in [0.25, 0.3) is 0 Å². The molecule has 0 bridgehead atoms. The minimum absolute atomic E-state index is 0.157. The first-order chi connectivity index (χ1) is 9.96. The Hall–Kier alpha value is -1.42. The topological polar surface area (TPSA) is 22.1 Å². The van der Waals surface area contributed by atoms with Crippen molar-refractivity contribution in [2.45, 2.75) is 6.10 Å². The molecule has 1 aromatic carbocycles. The molecule has 2 aromatic rings. The van der Waals surface area contributed by atoms with Crippen LogP contribution >= 0.6 is 11.6 Å². The third-order valence-electron chi connectivity index (χ3n) is 3.18. The molecule has 0 saturated carbocycles. The van der Waals surface area contributed by atoms with Crippen LogP contribution in [0.2, 0.25) is 5.02 Å². The molecule has 0 unspecified atom stereocenters. The fourth-order valence-electron chi connectivity index (χ4n) is 1.97. The van der Waals surface area contributed by atoms with E-state index in [2.05, 4.69) is 26.1 Å². The van der Waals surface area contributed by atoms with Crippen LogP contribution in [0, 0.1) is 0 Å². The number of nitrogens with zero attached hydrogens (tertiary/aromatic N) is 2. The van der Waals surface area contributed by atoms with Crippen LogP contribution in [0.15, 0.2) is 48.7 Å². The largest absolute Gasteiger partial charge is 0.361 e. The van der Waals surface area contributed by atoms with Gasteiger partial charge in [0.2, 0.25) is 0 Å². The lowest BCUT2D eigenvalue weighted by molar-refractivity contribution is -0.870. The molecule has 0 saturated heterocycles. The molecular formula is C17H22ClN2O+. The molecule has 1 atom stereocenters. The quantitative estimate of drug-likeness (QED) is 0.762. The molecule has 112 valence electrons. The molecule has 2 rings (SSSR count). The fraction of sp³-hybridized carbons (Fsp3) is 0.353. The predicted octanol–water partition coefficient (Wildman–Crippen LogP) is 3.55. The van der Waals surface area contributed by atoms with E-state index in [4.69, 9.17) is 16.3 Å². The minimum atomic E-state index is -0.157. The van der Waals surface area contributed by atoms with Gasteiger partial charge in [-0.15, -0.1) is 0 Å². The highest BCUT2D eigenvalue weighted by atomic mass is 35.5. The minimum Gasteiger partial charge on any atom is -0.361 e. The molecule has 0 spiro atoms. The van der Waals surface area contributed by atoms with Crippen LogP contribution in [0.4, 0.5) is 0 Å². The summed E-state index contributed by atoms with van der Waals surface area (Å²) in [6.07, 6.45) is 1.64. The lowest BCUT2D eigenvalue weighted by atomic mass is 10.1. The number of rotatable bonds is 6. The third-order valence-corrected chi connectivity index (χ3v) is 3.43. The number of halogens is 1. The van der Waals surface area contributed by atoms with Gasteiger partial charge in [0.1, 0.15) is 12.6 Å². The van der Waals surface area contributed by atoms with Crippen molar-refractivity contribution in [3.05, 3.63) is 64.9 Å². The molecule has 0 amide bonds. The van der Waals surface area contributed by atoms with E-state index >= 15 is 0 Å². The highest BCUT2D eigenvalue weighted by Crippen LogP contribution is 2.25. The molecule has 21 heavy (non-hydrogen) atoms. The maximum Gasteiger partial charge on any atom is 0.125 e. The summed E-state index contributed by atoms with van der Waals surface area (Å²) in [4.78, 5) is 4.43. The average Bonchev–Trinajstić information content (AvgIpc) is 2.45. The molecule has 0 aliphatic carbocycles. The monoisotopic (exact) mass is 305 g/mol. The summed E-state index contributed by atoms with van der Waals surface area (Å²) in [7, 11) is 6.46. The molecule has 0 N–H and O–H groups in total. The molecule has 0 fully saturated rings. The van der Waals surface area contributed by atoms with Gasteiger partial charge in [-0.25, -0.2) is 0 Å². The van der Waals surface area contributed by atoms with Gasteiger partial charge in [-0.05, 0) is 29.8 Å². The number of quaternary nitrogens is 1. The Morgan fingerprint density at radius 2 is 1.81 bits per heavy atom. The van der Waals surface area contributed by atoms with Gasteiger partial charge < -0.3 is 9.22 Å². The second kappa shape index (κ2) is 7.03. The van der Waals surface area contributed by atoms with Crippen LogP contribution in [-0.2, 0) is 4.74 Å². The van der Waals surface area contributed by atoms with Gasteiger partial charge in [-0.1, -0.05) is 29.8 Å². The summed E-state index contributed by atoms with van der Waals surface area (Å²) in [6.45, 7) is 1.62. The van der Waals surface area contributed by atoms with Crippen LogP contribution in [0.1, 0.15) is 17.4 Å². The molecule has 0 radical (unpaired) electrons. The van der Waals surface area contributed by atoms with Crippen molar-refractivity contribution < 1.29 is 9.22 Å². The van der Waals surface area contributed by atoms with E-state index in [1.54, 1.807) is 6.20 Å². The van der Waals surface area contributed by atoms with Crippen LogP contribution < -0.4 is 0 Å². The summed E-state index contributed by atoms with van der Waals surface area (Å²) in [5, 5.41) is 0.727. The first-order valence-electron chi connectivity index (χ1n) is 7.04. The van der Waals surface area contributed by atoms with Crippen LogP contribution in [-0.4, -0.2) is 43.8 Å². The van der Waals surface area contributed by atoms with Crippen LogP contribution in [0.5, 0.6) is 0 Å². The molecule has 0 aliphatic rings. The summed E-state index contributed by atoms with van der Waals surface area (Å²) < 4.78 is 6.98. The maximum absolute atomic E-state index is 6.11. The zero-order valence-corrected chi connectivity index (χ0v) is 13.5. The molecule has 4 heteroatoms. The summed E-state index contributed by atoms with van der Waals surface area (Å²) in [5.74, 6) is 0. The van der Waals surface area contributed by atoms with Crippen molar-refractivity contribution in [3.8, 4) is 0 Å². The van der Waals surface area contributed by atoms with Crippen molar-refractivity contribution in [2.24, 2.45) is 0 Å². The number of ether oxygens (including phenoxy) is 1. The van der Waals surface area contributed by atoms with Gasteiger partial charge in [0, 0.05) is 11.2 Å². The van der Waals surface area contributed by atoms with Gasteiger partial charge in [0.05, 0.1) is 33.4 Å². The van der Waals surface area contributed by atoms with E-state index in [0.717, 1.165) is 27.3 Å². The normalized spacial score (nSPS) is 13.1. The van der Waals surface area contributed by atoms with E-state index in [0.29, 0.717) is 6.61 Å². The third kappa shape index (κ3) is 5.12. The summed E-state index contributed by atoms with van der Waals surface area (Å²) in [6, 6.07) is 13.6. The van der Waals surface area contributed by atoms with E-state index in [9.17, 15) is 0 Å². The predicted molar refractivity (Wildman–Crippen MR) is 86.4 cm³/mol. The van der Waals surface area contributed by atoms with Crippen molar-refractivity contribution in [2.75, 3.05) is 34.3 Å². The van der Waals surface area contributed by atoms with Crippen molar-refractivity contribution >= 4 is 11.6 Å². The number of hydrogen-bond acceptors (Lipinski definition) is 2. The van der Waals surface area contributed by atoms with Crippen LogP contribution in [0.3, 0.4) is 0 Å². The lowest BCUT2D eigenvalue weighted by Gasteiger charge is -2.25. The Morgan fingerprint density at radius 1 is 1.10 bits per heavy atom. The second-order valence-corrected chi connectivity index (χ2v) is 6.51. The standard InChI is InChI=1S/C17H22ClN2O/c1-20(2,3)12-13-21-17(16-6-4-5-11-19-16)14-7-9-15(18)10-8-14/h4-11,17H,12-13H2,1-3H3/q+1/t17-/m0/s1. The lowest BCUT2D eigenvalue weighted by Crippen LogP contribution is -2.37. The highest BCUT2D eigenvalue weighted by Gasteiger charge is 2.17. The zero-order valence-electron chi connectivity index (χ0n) is 12.8. The van der Waals surface area contributed by atoms with E-state index in [1.807, 2.05) is 42.5 Å². The smallest absolute Gasteiger partial charge is 0.125 e. The summed E-state index contributed by atoms with van der Waals surface area (Å²) in [5.41, 5.74) is 1.99.